The molecule has 0 bridgehead atoms. The highest BCUT2D eigenvalue weighted by atomic mass is 16.5. The molecule has 0 saturated carbocycles. The summed E-state index contributed by atoms with van der Waals surface area (Å²) in [5.74, 6) is -0.219. The minimum absolute atomic E-state index is 0.681. The molecule has 0 aliphatic heterocycles. The summed E-state index contributed by atoms with van der Waals surface area (Å²) >= 11 is 0. The zero-order valence-corrected chi connectivity index (χ0v) is 11.5. The zero-order chi connectivity index (χ0) is 14.5. The summed E-state index contributed by atoms with van der Waals surface area (Å²) in [4.78, 5) is 11.0. The van der Waals surface area contributed by atoms with E-state index in [0.29, 0.717) is 5.57 Å². The first-order chi connectivity index (χ1) is 9.60. The minimum Gasteiger partial charge on any atom is -0.497 e. The Morgan fingerprint density at radius 2 is 1.50 bits per heavy atom. The summed E-state index contributed by atoms with van der Waals surface area (Å²) in [5, 5.41) is 9.06. The number of aryl methyl sites for hydroxylation is 1. The Kier molecular flexibility index (Phi) is 4.20. The quantitative estimate of drug-likeness (QED) is 0.863. The van der Waals surface area contributed by atoms with Crippen LogP contribution in [0.4, 0.5) is 0 Å². The number of carbonyl (C=O) groups is 1. The molecule has 2 aromatic carbocycles. The third-order valence-corrected chi connectivity index (χ3v) is 3.03. The van der Waals surface area contributed by atoms with Gasteiger partial charge in [-0.25, -0.2) is 4.79 Å². The van der Waals surface area contributed by atoms with Gasteiger partial charge in [0.15, 0.2) is 0 Å². The molecule has 0 aliphatic carbocycles. The Labute approximate surface area is 118 Å². The third-order valence-electron chi connectivity index (χ3n) is 3.03. The molecule has 3 nitrogen and oxygen atoms in total. The number of carboxylic acids is 1. The fourth-order valence-electron chi connectivity index (χ4n) is 1.96. The molecule has 2 rings (SSSR count). The number of carboxylic acid groups (broad SMARTS) is 1. The lowest BCUT2D eigenvalue weighted by atomic mass is 9.97. The highest BCUT2D eigenvalue weighted by molar-refractivity contribution is 5.95. The summed E-state index contributed by atoms with van der Waals surface area (Å²) in [7, 11) is 1.60. The number of hydrogen-bond acceptors (Lipinski definition) is 2. The maximum Gasteiger partial charge on any atom is 0.328 e. The van der Waals surface area contributed by atoms with E-state index in [0.717, 1.165) is 22.4 Å². The summed E-state index contributed by atoms with van der Waals surface area (Å²) in [5.41, 5.74) is 3.54. The van der Waals surface area contributed by atoms with Gasteiger partial charge in [0.1, 0.15) is 5.75 Å². The largest absolute Gasteiger partial charge is 0.497 e. The van der Waals surface area contributed by atoms with Crippen molar-refractivity contribution < 1.29 is 14.6 Å². The first kappa shape index (κ1) is 13.9. The van der Waals surface area contributed by atoms with Crippen LogP contribution in [-0.4, -0.2) is 18.2 Å². The standard InChI is InChI=1S/C17H16O3/c1-12-3-5-13(6-4-12)16(11-17(18)19)14-7-9-15(20-2)10-8-14/h3-11H,1-2H3,(H,18,19)/b16-11-. The summed E-state index contributed by atoms with van der Waals surface area (Å²) in [6.45, 7) is 2.00. The van der Waals surface area contributed by atoms with Crippen LogP contribution in [0.5, 0.6) is 5.75 Å². The Balaban J connectivity index is 2.47. The minimum atomic E-state index is -0.962. The van der Waals surface area contributed by atoms with Crippen LogP contribution in [-0.2, 0) is 4.79 Å². The van der Waals surface area contributed by atoms with E-state index in [1.54, 1.807) is 7.11 Å². The Morgan fingerprint density at radius 3 is 1.95 bits per heavy atom. The van der Waals surface area contributed by atoms with Crippen LogP contribution >= 0.6 is 0 Å². The molecule has 0 atom stereocenters. The average Bonchev–Trinajstić information content (AvgIpc) is 2.46. The second-order valence-corrected chi connectivity index (χ2v) is 4.49. The number of aliphatic carboxylic acids is 1. The first-order valence-corrected chi connectivity index (χ1v) is 6.26. The van der Waals surface area contributed by atoms with Gasteiger partial charge in [-0.2, -0.15) is 0 Å². The van der Waals surface area contributed by atoms with E-state index >= 15 is 0 Å². The summed E-state index contributed by atoms with van der Waals surface area (Å²) in [6.07, 6.45) is 1.23. The molecule has 0 radical (unpaired) electrons. The lowest BCUT2D eigenvalue weighted by molar-refractivity contribution is -0.131. The number of rotatable bonds is 4. The van der Waals surface area contributed by atoms with Crippen LogP contribution in [0.25, 0.3) is 5.57 Å². The lowest BCUT2D eigenvalue weighted by Gasteiger charge is -2.09. The van der Waals surface area contributed by atoms with Crippen LogP contribution in [0.3, 0.4) is 0 Å². The molecule has 0 spiro atoms. The zero-order valence-electron chi connectivity index (χ0n) is 11.5. The number of ether oxygens (including phenoxy) is 1. The first-order valence-electron chi connectivity index (χ1n) is 6.26. The molecular weight excluding hydrogens is 252 g/mol. The van der Waals surface area contributed by atoms with E-state index in [4.69, 9.17) is 9.84 Å². The molecule has 0 aliphatic rings. The highest BCUT2D eigenvalue weighted by Gasteiger charge is 2.07. The molecule has 1 N–H and O–H groups in total. The molecule has 0 aromatic heterocycles. The molecule has 2 aromatic rings. The van der Waals surface area contributed by atoms with E-state index in [2.05, 4.69) is 0 Å². The van der Waals surface area contributed by atoms with Gasteiger partial charge < -0.3 is 9.84 Å². The fourth-order valence-corrected chi connectivity index (χ4v) is 1.96. The van der Waals surface area contributed by atoms with Gasteiger partial charge in [0.25, 0.3) is 0 Å². The van der Waals surface area contributed by atoms with Gasteiger partial charge in [-0.3, -0.25) is 0 Å². The van der Waals surface area contributed by atoms with Crippen LogP contribution in [0, 0.1) is 6.92 Å². The second kappa shape index (κ2) is 6.06. The third kappa shape index (κ3) is 3.26. The van der Waals surface area contributed by atoms with Crippen LogP contribution < -0.4 is 4.74 Å². The average molecular weight is 268 g/mol. The molecular formula is C17H16O3. The van der Waals surface area contributed by atoms with Crippen molar-refractivity contribution in [1.82, 2.24) is 0 Å². The van der Waals surface area contributed by atoms with Crippen LogP contribution in [0.2, 0.25) is 0 Å². The maximum atomic E-state index is 11.0. The van der Waals surface area contributed by atoms with Crippen LogP contribution in [0.1, 0.15) is 16.7 Å². The molecule has 0 fully saturated rings. The molecule has 3 heteroatoms. The van der Waals surface area contributed by atoms with Crippen molar-refractivity contribution in [2.24, 2.45) is 0 Å². The topological polar surface area (TPSA) is 46.5 Å². The Hall–Kier alpha value is -2.55. The van der Waals surface area contributed by atoms with E-state index in [1.807, 2.05) is 55.5 Å². The summed E-state index contributed by atoms with van der Waals surface area (Å²) < 4.78 is 5.12. The van der Waals surface area contributed by atoms with Crippen molar-refractivity contribution in [3.63, 3.8) is 0 Å². The smallest absolute Gasteiger partial charge is 0.328 e. The van der Waals surface area contributed by atoms with Gasteiger partial charge in [0.05, 0.1) is 7.11 Å². The SMILES string of the molecule is COc1ccc(/C(=C\C(=O)O)c2ccc(C)cc2)cc1. The van der Waals surface area contributed by atoms with E-state index < -0.39 is 5.97 Å². The fraction of sp³-hybridized carbons (Fsp3) is 0.118. The van der Waals surface area contributed by atoms with Crippen LogP contribution in [0.15, 0.2) is 54.6 Å². The van der Waals surface area contributed by atoms with E-state index in [1.165, 1.54) is 6.08 Å². The molecule has 20 heavy (non-hydrogen) atoms. The van der Waals surface area contributed by atoms with Crippen molar-refractivity contribution in [3.8, 4) is 5.75 Å². The van der Waals surface area contributed by atoms with Gasteiger partial charge in [-0.15, -0.1) is 0 Å². The van der Waals surface area contributed by atoms with E-state index in [9.17, 15) is 4.79 Å². The Morgan fingerprint density at radius 1 is 1.00 bits per heavy atom. The predicted octanol–water partition coefficient (Wildman–Crippen LogP) is 3.52. The monoisotopic (exact) mass is 268 g/mol. The Bertz CT molecular complexity index is 622. The van der Waals surface area contributed by atoms with Gasteiger partial charge in [0.2, 0.25) is 0 Å². The maximum absolute atomic E-state index is 11.0. The van der Waals surface area contributed by atoms with E-state index in [-0.39, 0.29) is 0 Å². The van der Waals surface area contributed by atoms with Crippen molar-refractivity contribution in [1.29, 1.82) is 0 Å². The molecule has 102 valence electrons. The van der Waals surface area contributed by atoms with Crippen molar-refractivity contribution in [3.05, 3.63) is 71.3 Å². The van der Waals surface area contributed by atoms with Gasteiger partial charge >= 0.3 is 5.97 Å². The normalized spacial score (nSPS) is 11.2. The second-order valence-electron chi connectivity index (χ2n) is 4.49. The predicted molar refractivity (Wildman–Crippen MR) is 78.9 cm³/mol. The van der Waals surface area contributed by atoms with Crippen molar-refractivity contribution >= 4 is 11.5 Å². The highest BCUT2D eigenvalue weighted by Crippen LogP contribution is 2.25. The molecule has 0 saturated heterocycles. The van der Waals surface area contributed by atoms with Gasteiger partial charge in [0, 0.05) is 6.08 Å². The number of methoxy groups -OCH3 is 1. The molecule has 0 heterocycles. The molecule has 0 unspecified atom stereocenters. The lowest BCUT2D eigenvalue weighted by Crippen LogP contribution is -1.95. The number of benzene rings is 2. The number of hydrogen-bond donors (Lipinski definition) is 1. The van der Waals surface area contributed by atoms with Gasteiger partial charge in [-0.1, -0.05) is 42.0 Å². The summed E-state index contributed by atoms with van der Waals surface area (Å²) in [6, 6.07) is 15.1. The van der Waals surface area contributed by atoms with Crippen molar-refractivity contribution in [2.45, 2.75) is 6.92 Å². The van der Waals surface area contributed by atoms with Gasteiger partial charge in [-0.05, 0) is 35.8 Å². The van der Waals surface area contributed by atoms with Crippen molar-refractivity contribution in [2.75, 3.05) is 7.11 Å². The molecule has 0 amide bonds.